The molecule has 100 valence electrons. The van der Waals surface area contributed by atoms with Gasteiger partial charge in [0.2, 0.25) is 0 Å². The lowest BCUT2D eigenvalue weighted by molar-refractivity contribution is 1.44. The van der Waals surface area contributed by atoms with Crippen molar-refractivity contribution in [2.75, 3.05) is 0 Å². The first-order valence-corrected chi connectivity index (χ1v) is 6.74. The van der Waals surface area contributed by atoms with Crippen LogP contribution in [0.1, 0.15) is 22.3 Å². The van der Waals surface area contributed by atoms with E-state index < -0.39 is 0 Å². The minimum atomic E-state index is 0.521. The summed E-state index contributed by atoms with van der Waals surface area (Å²) in [6.07, 6.45) is 0. The molecule has 0 aliphatic carbocycles. The zero-order valence-corrected chi connectivity index (χ0v) is 12.4. The van der Waals surface area contributed by atoms with Gasteiger partial charge in [-0.05, 0) is 20.6 Å². The molecule has 3 heteroatoms. The molecule has 0 fully saturated rings. The lowest BCUT2D eigenvalue weighted by atomic mass is 10.1. The third-order valence-electron chi connectivity index (χ3n) is 2.97. The molecule has 0 heterocycles. The maximum absolute atomic E-state index is 5.36. The van der Waals surface area contributed by atoms with Gasteiger partial charge in [-0.25, -0.2) is 9.98 Å². The third-order valence-corrected chi connectivity index (χ3v) is 3.29. The molecule has 0 aliphatic heterocycles. The Labute approximate surface area is 124 Å². The number of hydrogen-bond donors (Lipinski definition) is 0. The first kappa shape index (κ1) is 14.3. The van der Waals surface area contributed by atoms with Crippen molar-refractivity contribution in [3.63, 3.8) is 0 Å². The van der Waals surface area contributed by atoms with Crippen LogP contribution < -0.4 is 0 Å². The first-order valence-electron chi connectivity index (χ1n) is 6.33. The van der Waals surface area contributed by atoms with Crippen LogP contribution in [-0.2, 0) is 0 Å². The summed E-state index contributed by atoms with van der Waals surface area (Å²) in [5, 5.41) is 0. The van der Waals surface area contributed by atoms with Gasteiger partial charge in [-0.3, -0.25) is 0 Å². The van der Waals surface area contributed by atoms with Crippen molar-refractivity contribution >= 4 is 29.8 Å². The summed E-state index contributed by atoms with van der Waals surface area (Å²) in [5.74, 6) is 0.551. The van der Waals surface area contributed by atoms with Crippen LogP contribution >= 0.6 is 12.2 Å². The number of rotatable bonds is 2. The topological polar surface area (TPSA) is 24.7 Å². The van der Waals surface area contributed by atoms with Crippen molar-refractivity contribution in [3.05, 3.63) is 70.8 Å². The maximum atomic E-state index is 5.36. The lowest BCUT2D eigenvalue weighted by Gasteiger charge is -2.03. The summed E-state index contributed by atoms with van der Waals surface area (Å²) in [5.41, 5.74) is 4.22. The molecule has 0 saturated heterocycles. The lowest BCUT2D eigenvalue weighted by Crippen LogP contribution is -2.02. The fourth-order valence-corrected chi connectivity index (χ4v) is 1.97. The van der Waals surface area contributed by atoms with E-state index in [1.807, 2.05) is 62.4 Å². The molecule has 0 amide bonds. The molecule has 2 aromatic rings. The van der Waals surface area contributed by atoms with Gasteiger partial charge in [-0.2, -0.15) is 0 Å². The standard InChI is InChI=1S/C17H16N2S/c1-12-4-8-14(9-5-12)16(18-3)19-17(20)15-10-6-13(2)7-11-15/h4-11H,3H2,1-2H3. The van der Waals surface area contributed by atoms with E-state index in [1.54, 1.807) is 0 Å². The monoisotopic (exact) mass is 280 g/mol. The Morgan fingerprint density at radius 2 is 1.30 bits per heavy atom. The highest BCUT2D eigenvalue weighted by atomic mass is 32.1. The molecular weight excluding hydrogens is 264 g/mol. The van der Waals surface area contributed by atoms with Crippen molar-refractivity contribution in [1.29, 1.82) is 0 Å². The van der Waals surface area contributed by atoms with Gasteiger partial charge in [0.1, 0.15) is 4.99 Å². The smallest absolute Gasteiger partial charge is 0.160 e. The minimum absolute atomic E-state index is 0.521. The normalized spacial score (nSPS) is 11.2. The molecule has 0 aliphatic rings. The van der Waals surface area contributed by atoms with E-state index in [1.165, 1.54) is 11.1 Å². The maximum Gasteiger partial charge on any atom is 0.160 e. The van der Waals surface area contributed by atoms with E-state index in [4.69, 9.17) is 12.2 Å². The Kier molecular flexibility index (Phi) is 4.53. The van der Waals surface area contributed by atoms with Crippen LogP contribution in [0.15, 0.2) is 58.5 Å². The summed E-state index contributed by atoms with van der Waals surface area (Å²) < 4.78 is 0. The number of thiocarbonyl (C=S) groups is 1. The molecule has 0 aromatic heterocycles. The second kappa shape index (κ2) is 6.35. The van der Waals surface area contributed by atoms with E-state index >= 15 is 0 Å². The summed E-state index contributed by atoms with van der Waals surface area (Å²) in [7, 11) is 0. The van der Waals surface area contributed by atoms with Crippen molar-refractivity contribution in [2.24, 2.45) is 9.98 Å². The molecule has 0 spiro atoms. The number of nitrogens with zero attached hydrogens (tertiary/aromatic N) is 2. The van der Waals surface area contributed by atoms with Crippen LogP contribution in [0.4, 0.5) is 0 Å². The zero-order valence-electron chi connectivity index (χ0n) is 11.6. The van der Waals surface area contributed by atoms with Gasteiger partial charge in [0.05, 0.1) is 0 Å². The molecule has 0 unspecified atom stereocenters. The molecule has 0 atom stereocenters. The molecular formula is C17H16N2S. The van der Waals surface area contributed by atoms with Crippen LogP contribution in [0.5, 0.6) is 0 Å². The van der Waals surface area contributed by atoms with Gasteiger partial charge < -0.3 is 0 Å². The molecule has 0 radical (unpaired) electrons. The molecule has 20 heavy (non-hydrogen) atoms. The fourth-order valence-electron chi connectivity index (χ4n) is 1.75. The van der Waals surface area contributed by atoms with Crippen LogP contribution in [0.3, 0.4) is 0 Å². The van der Waals surface area contributed by atoms with Crippen LogP contribution in [0, 0.1) is 13.8 Å². The highest BCUT2D eigenvalue weighted by Crippen LogP contribution is 2.10. The predicted octanol–water partition coefficient (Wildman–Crippen LogP) is 4.13. The quantitative estimate of drug-likeness (QED) is 0.461. The van der Waals surface area contributed by atoms with Crippen molar-refractivity contribution in [3.8, 4) is 0 Å². The van der Waals surface area contributed by atoms with Gasteiger partial charge in [0, 0.05) is 11.1 Å². The Hall–Kier alpha value is -2.13. The average Bonchev–Trinajstić information content (AvgIpc) is 2.46. The van der Waals surface area contributed by atoms with Gasteiger partial charge in [0.25, 0.3) is 0 Å². The summed E-state index contributed by atoms with van der Waals surface area (Å²) in [4.78, 5) is 8.92. The van der Waals surface area contributed by atoms with Crippen molar-refractivity contribution in [1.82, 2.24) is 0 Å². The number of amidine groups is 1. The Morgan fingerprint density at radius 1 is 0.850 bits per heavy atom. The van der Waals surface area contributed by atoms with Crippen LogP contribution in [0.2, 0.25) is 0 Å². The summed E-state index contributed by atoms with van der Waals surface area (Å²) >= 11 is 5.36. The van der Waals surface area contributed by atoms with Gasteiger partial charge in [0.15, 0.2) is 5.84 Å². The van der Waals surface area contributed by atoms with Crippen molar-refractivity contribution < 1.29 is 0 Å². The van der Waals surface area contributed by atoms with Crippen molar-refractivity contribution in [2.45, 2.75) is 13.8 Å². The molecule has 0 N–H and O–H groups in total. The highest BCUT2D eigenvalue weighted by molar-refractivity contribution is 7.80. The van der Waals surface area contributed by atoms with E-state index in [-0.39, 0.29) is 0 Å². The first-order chi connectivity index (χ1) is 9.60. The Balaban J connectivity index is 2.31. The van der Waals surface area contributed by atoms with Gasteiger partial charge in [-0.15, -0.1) is 0 Å². The fraction of sp³-hybridized carbons (Fsp3) is 0.118. The third kappa shape index (κ3) is 3.45. The second-order valence-electron chi connectivity index (χ2n) is 4.63. The summed E-state index contributed by atoms with van der Waals surface area (Å²) in [6.45, 7) is 7.66. The minimum Gasteiger partial charge on any atom is -0.245 e. The molecule has 2 rings (SSSR count). The highest BCUT2D eigenvalue weighted by Gasteiger charge is 2.04. The van der Waals surface area contributed by atoms with E-state index in [0.29, 0.717) is 10.8 Å². The second-order valence-corrected chi connectivity index (χ2v) is 5.02. The predicted molar refractivity (Wildman–Crippen MR) is 90.1 cm³/mol. The molecule has 2 aromatic carbocycles. The number of hydrogen-bond acceptors (Lipinski definition) is 1. The number of benzene rings is 2. The molecule has 0 saturated carbocycles. The van der Waals surface area contributed by atoms with Gasteiger partial charge >= 0.3 is 0 Å². The average molecular weight is 280 g/mol. The molecule has 0 bridgehead atoms. The summed E-state index contributed by atoms with van der Waals surface area (Å²) in [6, 6.07) is 16.0. The van der Waals surface area contributed by atoms with Crippen LogP contribution in [-0.4, -0.2) is 17.5 Å². The largest absolute Gasteiger partial charge is 0.245 e. The van der Waals surface area contributed by atoms with Gasteiger partial charge in [-0.1, -0.05) is 71.9 Å². The van der Waals surface area contributed by atoms with E-state index in [0.717, 1.165) is 11.1 Å². The molecule has 2 nitrogen and oxygen atoms in total. The Morgan fingerprint density at radius 3 is 1.75 bits per heavy atom. The number of aryl methyl sites for hydroxylation is 2. The van der Waals surface area contributed by atoms with E-state index in [9.17, 15) is 0 Å². The number of aliphatic imine (C=N–C) groups is 2. The SMILES string of the molecule is C=NC(=NC(=S)c1ccc(C)cc1)c1ccc(C)cc1. The van der Waals surface area contributed by atoms with Crippen LogP contribution in [0.25, 0.3) is 0 Å². The Bertz CT molecular complexity index is 652. The van der Waals surface area contributed by atoms with E-state index in [2.05, 4.69) is 16.7 Å². The zero-order chi connectivity index (χ0) is 14.5.